The van der Waals surface area contributed by atoms with Gasteiger partial charge in [0.05, 0.1) is 5.71 Å². The van der Waals surface area contributed by atoms with Crippen LogP contribution in [0.15, 0.2) is 41.6 Å². The van der Waals surface area contributed by atoms with Crippen LogP contribution in [-0.4, -0.2) is 41.9 Å². The molecular weight excluding hydrogens is 396 g/mol. The van der Waals surface area contributed by atoms with Crippen LogP contribution >= 0.6 is 0 Å². The Kier molecular flexibility index (Phi) is 8.12. The van der Waals surface area contributed by atoms with Gasteiger partial charge >= 0.3 is 6.03 Å². The molecule has 0 radical (unpaired) electrons. The van der Waals surface area contributed by atoms with E-state index in [1.165, 1.54) is 17.1 Å². The monoisotopic (exact) mass is 426 g/mol. The Morgan fingerprint density at radius 1 is 1.03 bits per heavy atom. The number of aryl methyl sites for hydroxylation is 2. The van der Waals surface area contributed by atoms with E-state index in [2.05, 4.69) is 15.8 Å². The highest BCUT2D eigenvalue weighted by Gasteiger charge is 2.14. The highest BCUT2D eigenvalue weighted by Crippen LogP contribution is 2.22. The van der Waals surface area contributed by atoms with E-state index < -0.39 is 0 Å². The first-order valence-electron chi connectivity index (χ1n) is 9.76. The smallest absolute Gasteiger partial charge is 0.337 e. The number of hydrazine groups is 2. The summed E-state index contributed by atoms with van der Waals surface area (Å²) in [6.07, 6.45) is 0. The van der Waals surface area contributed by atoms with Crippen molar-refractivity contribution in [1.82, 2.24) is 10.1 Å². The Hall–Kier alpha value is -3.43. The number of nitrogens with zero attached hydrogens (tertiary/aromatic N) is 3. The number of benzene rings is 2. The van der Waals surface area contributed by atoms with Crippen molar-refractivity contribution in [1.29, 1.82) is 0 Å². The third-order valence-corrected chi connectivity index (χ3v) is 4.80. The number of urea groups is 1. The van der Waals surface area contributed by atoms with Gasteiger partial charge in [-0.3, -0.25) is 10.6 Å². The summed E-state index contributed by atoms with van der Waals surface area (Å²) in [5, 5.41) is 12.3. The first-order valence-corrected chi connectivity index (χ1v) is 9.76. The van der Waals surface area contributed by atoms with Crippen LogP contribution in [0.4, 0.5) is 16.2 Å². The average molecular weight is 427 g/mol. The molecule has 0 aliphatic heterocycles. The Labute approximate surface area is 182 Å². The van der Waals surface area contributed by atoms with Gasteiger partial charge in [0.25, 0.3) is 0 Å². The Bertz CT molecular complexity index is 987. The quantitative estimate of drug-likeness (QED) is 0.357. The summed E-state index contributed by atoms with van der Waals surface area (Å²) in [5.74, 6) is 5.47. The first kappa shape index (κ1) is 23.8. The predicted octanol–water partition coefficient (Wildman–Crippen LogP) is 3.39. The maximum absolute atomic E-state index is 12.3. The van der Waals surface area contributed by atoms with Crippen molar-refractivity contribution in [3.8, 4) is 0 Å². The van der Waals surface area contributed by atoms with Gasteiger partial charge in [-0.2, -0.15) is 5.12 Å². The van der Waals surface area contributed by atoms with Crippen LogP contribution < -0.4 is 16.5 Å². The number of nitrogens with one attached hydrogen (secondary N) is 2. The van der Waals surface area contributed by atoms with E-state index in [9.17, 15) is 9.59 Å². The molecule has 2 rings (SSSR count). The number of oxime groups is 1. The molecule has 166 valence electrons. The van der Waals surface area contributed by atoms with Gasteiger partial charge in [0, 0.05) is 43.5 Å². The van der Waals surface area contributed by atoms with Gasteiger partial charge < -0.3 is 15.5 Å². The summed E-state index contributed by atoms with van der Waals surface area (Å²) in [6.45, 7) is 7.33. The van der Waals surface area contributed by atoms with Crippen molar-refractivity contribution in [2.75, 3.05) is 24.7 Å². The molecule has 31 heavy (non-hydrogen) atoms. The van der Waals surface area contributed by atoms with Gasteiger partial charge in [0.15, 0.2) is 0 Å². The molecule has 0 atom stereocenters. The normalized spacial score (nSPS) is 11.3. The minimum absolute atomic E-state index is 0.133. The second-order valence-corrected chi connectivity index (χ2v) is 7.29. The van der Waals surface area contributed by atoms with E-state index in [-0.39, 0.29) is 18.5 Å². The number of carbonyl (C=O) groups is 2. The zero-order valence-electron chi connectivity index (χ0n) is 18.8. The van der Waals surface area contributed by atoms with Gasteiger partial charge in [-0.1, -0.05) is 29.4 Å². The minimum atomic E-state index is -0.373. The average Bonchev–Trinajstić information content (AvgIpc) is 2.70. The molecule has 9 heteroatoms. The molecule has 3 amide bonds. The van der Waals surface area contributed by atoms with Crippen molar-refractivity contribution in [2.45, 2.75) is 34.3 Å². The van der Waals surface area contributed by atoms with E-state index >= 15 is 0 Å². The molecular formula is C22H30N6O3. The van der Waals surface area contributed by atoms with Crippen LogP contribution in [0.2, 0.25) is 0 Å². The fourth-order valence-electron chi connectivity index (χ4n) is 2.77. The van der Waals surface area contributed by atoms with Gasteiger partial charge in [-0.05, 0) is 44.0 Å². The number of rotatable bonds is 7. The number of nitrogens with two attached hydrogens (primary N) is 1. The van der Waals surface area contributed by atoms with Crippen LogP contribution in [-0.2, 0) is 16.2 Å². The van der Waals surface area contributed by atoms with Crippen molar-refractivity contribution >= 4 is 29.0 Å². The third kappa shape index (κ3) is 6.53. The third-order valence-electron chi connectivity index (χ3n) is 4.80. The van der Waals surface area contributed by atoms with E-state index in [1.807, 2.05) is 51.1 Å². The summed E-state index contributed by atoms with van der Waals surface area (Å²) in [4.78, 5) is 29.3. The maximum Gasteiger partial charge on any atom is 0.337 e. The van der Waals surface area contributed by atoms with Crippen molar-refractivity contribution < 1.29 is 14.4 Å². The molecule has 0 bridgehead atoms. The minimum Gasteiger partial charge on any atom is -0.391 e. The fraction of sp³-hybridized carbons (Fsp3) is 0.318. The molecule has 0 unspecified atom stereocenters. The lowest BCUT2D eigenvalue weighted by Crippen LogP contribution is -2.47. The number of hydrogen-bond donors (Lipinski definition) is 3. The largest absolute Gasteiger partial charge is 0.391 e. The van der Waals surface area contributed by atoms with Gasteiger partial charge in [0.1, 0.15) is 6.61 Å². The summed E-state index contributed by atoms with van der Waals surface area (Å²) in [5.41, 5.74) is 5.57. The molecule has 0 heterocycles. The zero-order chi connectivity index (χ0) is 23.1. The lowest BCUT2D eigenvalue weighted by Gasteiger charge is -2.24. The summed E-state index contributed by atoms with van der Waals surface area (Å²) in [7, 11) is 3.13. The molecule has 0 spiro atoms. The molecule has 2 aromatic carbocycles. The number of anilines is 2. The Morgan fingerprint density at radius 2 is 1.74 bits per heavy atom. The molecule has 0 saturated heterocycles. The molecule has 4 N–H and O–H groups in total. The topological polar surface area (TPSA) is 112 Å². The first-order chi connectivity index (χ1) is 14.6. The standard InChI is InChI=1S/C22H30N6O3/c1-14-8-7-9-20(25-22(30)27(5)28(6)23)19(14)13-31-26-16(3)18-11-10-15(2)21(12-18)24-17(4)29/h7-12H,13,23H2,1-6H3,(H,24,29)(H,25,30)/b26-16-. The predicted molar refractivity (Wildman–Crippen MR) is 122 cm³/mol. The molecule has 0 aromatic heterocycles. The Morgan fingerprint density at radius 3 is 2.39 bits per heavy atom. The van der Waals surface area contributed by atoms with E-state index in [4.69, 9.17) is 10.7 Å². The number of hydrogen-bond acceptors (Lipinski definition) is 6. The molecule has 9 nitrogen and oxygen atoms in total. The van der Waals surface area contributed by atoms with Gasteiger partial charge in [-0.25, -0.2) is 9.80 Å². The number of carbonyl (C=O) groups excluding carboxylic acids is 2. The molecule has 0 aliphatic carbocycles. The summed E-state index contributed by atoms with van der Waals surface area (Å²) < 4.78 is 0. The van der Waals surface area contributed by atoms with Crippen LogP contribution in [0.3, 0.4) is 0 Å². The summed E-state index contributed by atoms with van der Waals surface area (Å²) in [6, 6.07) is 10.9. The van der Waals surface area contributed by atoms with E-state index in [0.29, 0.717) is 11.4 Å². The van der Waals surface area contributed by atoms with E-state index in [0.717, 1.165) is 27.9 Å². The number of amides is 3. The highest BCUT2D eigenvalue weighted by molar-refractivity contribution is 6.00. The van der Waals surface area contributed by atoms with Crippen molar-refractivity contribution in [2.24, 2.45) is 11.0 Å². The maximum atomic E-state index is 12.3. The van der Waals surface area contributed by atoms with E-state index in [1.54, 1.807) is 20.2 Å². The second kappa shape index (κ2) is 10.6. The zero-order valence-corrected chi connectivity index (χ0v) is 18.8. The molecule has 0 fully saturated rings. The van der Waals surface area contributed by atoms with Gasteiger partial charge in [-0.15, -0.1) is 0 Å². The van der Waals surface area contributed by atoms with Crippen LogP contribution in [0, 0.1) is 13.8 Å². The SMILES string of the molecule is CC(=O)Nc1cc(/C(C)=N\OCc2c(C)cccc2NC(=O)N(C)N(C)N)ccc1C. The Balaban J connectivity index is 2.15. The molecule has 2 aromatic rings. The molecule has 0 saturated carbocycles. The van der Waals surface area contributed by atoms with Crippen molar-refractivity contribution in [3.63, 3.8) is 0 Å². The molecule has 0 aliphatic rings. The van der Waals surface area contributed by atoms with Crippen LogP contribution in [0.5, 0.6) is 0 Å². The van der Waals surface area contributed by atoms with Gasteiger partial charge in [0.2, 0.25) is 5.91 Å². The van der Waals surface area contributed by atoms with Crippen LogP contribution in [0.1, 0.15) is 36.1 Å². The highest BCUT2D eigenvalue weighted by atomic mass is 16.6. The lowest BCUT2D eigenvalue weighted by atomic mass is 10.1. The lowest BCUT2D eigenvalue weighted by molar-refractivity contribution is -0.114. The summed E-state index contributed by atoms with van der Waals surface area (Å²) >= 11 is 0. The van der Waals surface area contributed by atoms with Crippen molar-refractivity contribution in [3.05, 3.63) is 58.7 Å². The second-order valence-electron chi connectivity index (χ2n) is 7.29. The van der Waals surface area contributed by atoms with Crippen LogP contribution in [0.25, 0.3) is 0 Å². The fourth-order valence-corrected chi connectivity index (χ4v) is 2.77.